The van der Waals surface area contributed by atoms with E-state index in [9.17, 15) is 14.7 Å². The first kappa shape index (κ1) is 23.3. The summed E-state index contributed by atoms with van der Waals surface area (Å²) in [6, 6.07) is 16.3. The molecule has 36 heavy (non-hydrogen) atoms. The van der Waals surface area contributed by atoms with Crippen LogP contribution in [0.5, 0.6) is 23.0 Å². The third kappa shape index (κ3) is 3.90. The minimum Gasteiger partial charge on any atom is -0.507 e. The zero-order chi connectivity index (χ0) is 25.4. The summed E-state index contributed by atoms with van der Waals surface area (Å²) in [5.41, 5.74) is 2.27. The Bertz CT molecular complexity index is 1380. The van der Waals surface area contributed by atoms with E-state index in [2.05, 4.69) is 0 Å². The van der Waals surface area contributed by atoms with Crippen LogP contribution in [0.25, 0.3) is 5.76 Å². The molecule has 8 heteroatoms. The Hall–Kier alpha value is -4.46. The fourth-order valence-corrected chi connectivity index (χ4v) is 4.56. The highest BCUT2D eigenvalue weighted by molar-refractivity contribution is 6.51. The summed E-state index contributed by atoms with van der Waals surface area (Å²) in [6.45, 7) is 2.66. The molecular formula is C28H25NO7. The summed E-state index contributed by atoms with van der Waals surface area (Å²) in [6.07, 6.45) is 0. The number of fused-ring (bicyclic) bond motifs is 1. The van der Waals surface area contributed by atoms with Gasteiger partial charge in [0.2, 0.25) is 0 Å². The molecule has 2 aliphatic heterocycles. The molecule has 184 valence electrons. The highest BCUT2D eigenvalue weighted by atomic mass is 16.6. The van der Waals surface area contributed by atoms with Crippen LogP contribution in [-0.4, -0.2) is 44.2 Å². The summed E-state index contributed by atoms with van der Waals surface area (Å²) in [4.78, 5) is 28.2. The van der Waals surface area contributed by atoms with Gasteiger partial charge in [0.1, 0.15) is 30.5 Å². The van der Waals surface area contributed by atoms with E-state index < -0.39 is 17.7 Å². The van der Waals surface area contributed by atoms with Gasteiger partial charge in [-0.25, -0.2) is 0 Å². The van der Waals surface area contributed by atoms with Crippen molar-refractivity contribution in [2.45, 2.75) is 13.0 Å². The van der Waals surface area contributed by atoms with E-state index in [0.717, 1.165) is 5.56 Å². The Morgan fingerprint density at radius 2 is 1.64 bits per heavy atom. The number of carbonyl (C=O) groups is 2. The molecule has 1 unspecified atom stereocenters. The Kier molecular flexibility index (Phi) is 6.01. The normalized spacial score (nSPS) is 18.3. The lowest BCUT2D eigenvalue weighted by atomic mass is 9.94. The molecule has 0 radical (unpaired) electrons. The number of anilines is 1. The van der Waals surface area contributed by atoms with Crippen LogP contribution in [0.4, 0.5) is 5.69 Å². The molecule has 0 spiro atoms. The van der Waals surface area contributed by atoms with Crippen molar-refractivity contribution in [2.75, 3.05) is 32.3 Å². The maximum atomic E-state index is 13.4. The molecule has 0 aromatic heterocycles. The SMILES string of the molecule is COc1ccc(C2/C(=C(\O)c3ccc(OC)c(C)c3)C(=O)C(=O)N2c2ccc3c(c2)OCCO3)cc1. The highest BCUT2D eigenvalue weighted by Crippen LogP contribution is 2.45. The van der Waals surface area contributed by atoms with E-state index in [1.165, 1.54) is 4.90 Å². The second-order valence-corrected chi connectivity index (χ2v) is 8.45. The van der Waals surface area contributed by atoms with Gasteiger partial charge in [0.05, 0.1) is 25.8 Å². The fraction of sp³-hybridized carbons (Fsp3) is 0.214. The molecule has 0 aliphatic carbocycles. The second kappa shape index (κ2) is 9.30. The molecule has 2 heterocycles. The van der Waals surface area contributed by atoms with E-state index in [4.69, 9.17) is 18.9 Å². The minimum atomic E-state index is -0.874. The number of nitrogens with zero attached hydrogens (tertiary/aromatic N) is 1. The molecule has 8 nitrogen and oxygen atoms in total. The third-order valence-corrected chi connectivity index (χ3v) is 6.35. The molecule has 3 aromatic carbocycles. The van der Waals surface area contributed by atoms with Gasteiger partial charge in [-0.05, 0) is 60.5 Å². The number of aryl methyl sites for hydroxylation is 1. The van der Waals surface area contributed by atoms with Crippen LogP contribution < -0.4 is 23.8 Å². The van der Waals surface area contributed by atoms with Crippen molar-refractivity contribution in [1.82, 2.24) is 0 Å². The number of hydrogen-bond donors (Lipinski definition) is 1. The summed E-state index contributed by atoms with van der Waals surface area (Å²) < 4.78 is 21.9. The van der Waals surface area contributed by atoms with E-state index in [1.807, 2.05) is 6.92 Å². The maximum absolute atomic E-state index is 13.4. The number of hydrogen-bond acceptors (Lipinski definition) is 7. The topological polar surface area (TPSA) is 94.5 Å². The first-order valence-corrected chi connectivity index (χ1v) is 11.4. The van der Waals surface area contributed by atoms with E-state index in [0.29, 0.717) is 53.0 Å². The molecule has 0 bridgehead atoms. The standard InChI is InChI=1S/C28H25NO7/c1-16-14-18(6-10-21(16)34-3)26(30)24-25(17-4-8-20(33-2)9-5-17)29(28(32)27(24)31)19-7-11-22-23(15-19)36-13-12-35-22/h4-11,14-15,25,30H,12-13H2,1-3H3/b26-24+. The molecule has 1 fully saturated rings. The molecule has 1 N–H and O–H groups in total. The molecule has 1 amide bonds. The van der Waals surface area contributed by atoms with Crippen molar-refractivity contribution in [2.24, 2.45) is 0 Å². The lowest BCUT2D eigenvalue weighted by molar-refractivity contribution is -0.132. The number of carbonyl (C=O) groups excluding carboxylic acids is 2. The number of Topliss-reactive ketones (excluding diaryl/α,β-unsaturated/α-hetero) is 1. The van der Waals surface area contributed by atoms with Gasteiger partial charge in [-0.1, -0.05) is 12.1 Å². The number of rotatable bonds is 5. The minimum absolute atomic E-state index is 0.00961. The van der Waals surface area contributed by atoms with Gasteiger partial charge < -0.3 is 24.1 Å². The van der Waals surface area contributed by atoms with Crippen molar-refractivity contribution in [3.63, 3.8) is 0 Å². The number of benzene rings is 3. The Balaban J connectivity index is 1.68. The van der Waals surface area contributed by atoms with Crippen LogP contribution in [0.2, 0.25) is 0 Å². The Morgan fingerprint density at radius 1 is 0.917 bits per heavy atom. The van der Waals surface area contributed by atoms with Gasteiger partial charge in [0.15, 0.2) is 11.5 Å². The summed E-state index contributed by atoms with van der Waals surface area (Å²) >= 11 is 0. The first-order chi connectivity index (χ1) is 17.4. The summed E-state index contributed by atoms with van der Waals surface area (Å²) in [7, 11) is 3.12. The number of aliphatic hydroxyl groups excluding tert-OH is 1. The van der Waals surface area contributed by atoms with E-state index >= 15 is 0 Å². The number of ether oxygens (including phenoxy) is 4. The molecular weight excluding hydrogens is 462 g/mol. The Labute approximate surface area is 208 Å². The predicted octanol–water partition coefficient (Wildman–Crippen LogP) is 4.41. The van der Waals surface area contributed by atoms with Crippen molar-refractivity contribution >= 4 is 23.1 Å². The largest absolute Gasteiger partial charge is 0.507 e. The van der Waals surface area contributed by atoms with Gasteiger partial charge >= 0.3 is 0 Å². The van der Waals surface area contributed by atoms with Crippen LogP contribution in [-0.2, 0) is 9.59 Å². The second-order valence-electron chi connectivity index (χ2n) is 8.45. The zero-order valence-electron chi connectivity index (χ0n) is 20.1. The Morgan fingerprint density at radius 3 is 2.31 bits per heavy atom. The molecule has 3 aromatic rings. The van der Waals surface area contributed by atoms with Crippen molar-refractivity contribution in [3.8, 4) is 23.0 Å². The molecule has 1 saturated heterocycles. The van der Waals surface area contributed by atoms with Crippen LogP contribution >= 0.6 is 0 Å². The fourth-order valence-electron chi connectivity index (χ4n) is 4.56. The first-order valence-electron chi connectivity index (χ1n) is 11.4. The smallest absolute Gasteiger partial charge is 0.300 e. The van der Waals surface area contributed by atoms with Gasteiger partial charge in [-0.3, -0.25) is 14.5 Å². The lowest BCUT2D eigenvalue weighted by Gasteiger charge is -2.27. The van der Waals surface area contributed by atoms with Gasteiger partial charge in [0, 0.05) is 17.3 Å². The molecule has 0 saturated carbocycles. The monoisotopic (exact) mass is 487 g/mol. The van der Waals surface area contributed by atoms with Gasteiger partial charge in [0.25, 0.3) is 11.7 Å². The summed E-state index contributed by atoms with van der Waals surface area (Å²) in [5, 5.41) is 11.4. The van der Waals surface area contributed by atoms with Crippen LogP contribution in [0.15, 0.2) is 66.2 Å². The zero-order valence-corrected chi connectivity index (χ0v) is 20.1. The van der Waals surface area contributed by atoms with Crippen molar-refractivity contribution < 1.29 is 33.6 Å². The number of ketones is 1. The molecule has 1 atom stereocenters. The average molecular weight is 488 g/mol. The van der Waals surface area contributed by atoms with Crippen molar-refractivity contribution in [1.29, 1.82) is 0 Å². The molecule has 2 aliphatic rings. The lowest BCUT2D eigenvalue weighted by Crippen LogP contribution is -2.29. The van der Waals surface area contributed by atoms with Crippen LogP contribution in [0, 0.1) is 6.92 Å². The number of amides is 1. The molecule has 5 rings (SSSR count). The third-order valence-electron chi connectivity index (χ3n) is 6.35. The quantitative estimate of drug-likeness (QED) is 0.324. The highest BCUT2D eigenvalue weighted by Gasteiger charge is 2.47. The maximum Gasteiger partial charge on any atom is 0.300 e. The average Bonchev–Trinajstić information content (AvgIpc) is 3.18. The van der Waals surface area contributed by atoms with Gasteiger partial charge in [-0.2, -0.15) is 0 Å². The number of aliphatic hydroxyl groups is 1. The summed E-state index contributed by atoms with van der Waals surface area (Å²) in [5.74, 6) is 0.530. The van der Waals surface area contributed by atoms with Crippen molar-refractivity contribution in [3.05, 3.63) is 82.9 Å². The van der Waals surface area contributed by atoms with E-state index in [-0.39, 0.29) is 11.3 Å². The van der Waals surface area contributed by atoms with Gasteiger partial charge in [-0.15, -0.1) is 0 Å². The number of methoxy groups -OCH3 is 2. The van der Waals surface area contributed by atoms with Crippen LogP contribution in [0.1, 0.15) is 22.7 Å². The predicted molar refractivity (Wildman–Crippen MR) is 133 cm³/mol. The van der Waals surface area contributed by atoms with E-state index in [1.54, 1.807) is 74.9 Å². The van der Waals surface area contributed by atoms with Crippen LogP contribution in [0.3, 0.4) is 0 Å².